The lowest BCUT2D eigenvalue weighted by molar-refractivity contribution is -0.134. The lowest BCUT2D eigenvalue weighted by Crippen LogP contribution is -2.56. The molecule has 1 saturated heterocycles. The Kier molecular flexibility index (Phi) is 6.34. The Labute approximate surface area is 141 Å². The van der Waals surface area contributed by atoms with Gasteiger partial charge in [-0.3, -0.25) is 19.9 Å². The Hall–Kier alpha value is -2.38. The first kappa shape index (κ1) is 18.0. The highest BCUT2D eigenvalue weighted by atomic mass is 16.5. The minimum Gasteiger partial charge on any atom is -0.489 e. The molecule has 0 bridgehead atoms. The number of amides is 2. The molecule has 2 amide bonds. The fraction of sp³-hybridized carbons (Fsp3) is 0.412. The van der Waals surface area contributed by atoms with Crippen molar-refractivity contribution in [3.63, 3.8) is 0 Å². The largest absolute Gasteiger partial charge is 0.489 e. The number of rotatable bonds is 7. The molecule has 0 spiro atoms. The highest BCUT2D eigenvalue weighted by molar-refractivity contribution is 5.88. The zero-order valence-corrected chi connectivity index (χ0v) is 13.9. The maximum absolute atomic E-state index is 12.1. The van der Waals surface area contributed by atoms with Crippen molar-refractivity contribution in [2.45, 2.75) is 25.9 Å². The van der Waals surface area contributed by atoms with Gasteiger partial charge in [-0.1, -0.05) is 18.7 Å². The van der Waals surface area contributed by atoms with Gasteiger partial charge in [0.25, 0.3) is 0 Å². The van der Waals surface area contributed by atoms with E-state index >= 15 is 0 Å². The summed E-state index contributed by atoms with van der Waals surface area (Å²) in [6.07, 6.45) is 0.0359. The van der Waals surface area contributed by atoms with Gasteiger partial charge in [-0.05, 0) is 30.2 Å². The lowest BCUT2D eigenvalue weighted by atomic mass is 10.1. The third kappa shape index (κ3) is 5.07. The molecule has 2 rings (SSSR count). The summed E-state index contributed by atoms with van der Waals surface area (Å²) in [6, 6.07) is 7.18. The van der Waals surface area contributed by atoms with Crippen molar-refractivity contribution < 1.29 is 14.3 Å². The summed E-state index contributed by atoms with van der Waals surface area (Å²) in [5, 5.41) is 2.79. The third-order valence-corrected chi connectivity index (χ3v) is 3.75. The van der Waals surface area contributed by atoms with Crippen LogP contribution in [0.2, 0.25) is 0 Å². The van der Waals surface area contributed by atoms with Gasteiger partial charge in [-0.15, -0.1) is 0 Å². The van der Waals surface area contributed by atoms with E-state index in [1.54, 1.807) is 0 Å². The van der Waals surface area contributed by atoms with Crippen molar-refractivity contribution in [3.8, 4) is 5.75 Å². The Morgan fingerprint density at radius 1 is 1.54 bits per heavy atom. The number of nitrogens with two attached hydrogens (primary N) is 1. The average Bonchev–Trinajstić information content (AvgIpc) is 2.56. The van der Waals surface area contributed by atoms with E-state index in [0.29, 0.717) is 26.2 Å². The van der Waals surface area contributed by atoms with Gasteiger partial charge in [0.2, 0.25) is 11.8 Å². The van der Waals surface area contributed by atoms with E-state index in [9.17, 15) is 9.59 Å². The van der Waals surface area contributed by atoms with E-state index in [1.807, 2.05) is 36.1 Å². The minimum atomic E-state index is -0.526. The molecular weight excluding hydrogens is 308 g/mol. The first-order valence-electron chi connectivity index (χ1n) is 7.87. The predicted octanol–water partition coefficient (Wildman–Crippen LogP) is 0.322. The molecule has 0 aliphatic carbocycles. The number of carbonyl (C=O) groups is 2. The molecule has 0 aromatic heterocycles. The Balaban J connectivity index is 2.06. The second-order valence-electron chi connectivity index (χ2n) is 5.94. The van der Waals surface area contributed by atoms with Crippen LogP contribution >= 0.6 is 0 Å². The van der Waals surface area contributed by atoms with Crippen LogP contribution in [-0.4, -0.2) is 42.5 Å². The van der Waals surface area contributed by atoms with Gasteiger partial charge in [0.15, 0.2) is 0 Å². The standard InChI is InChI=1S/C17H24N4O3/c1-12(2)11-24-14-5-3-4-13(8-14)10-21-7-6-19-17(23)15(21)9-16(22)20-18/h3-5,8,15H,1,6-7,9-11,18H2,2H3,(H,19,23)(H,20,22). The number of hydrogen-bond donors (Lipinski definition) is 3. The molecule has 1 aromatic carbocycles. The summed E-state index contributed by atoms with van der Waals surface area (Å²) in [6.45, 7) is 7.98. The van der Waals surface area contributed by atoms with Crippen molar-refractivity contribution >= 4 is 11.8 Å². The summed E-state index contributed by atoms with van der Waals surface area (Å²) >= 11 is 0. The second-order valence-corrected chi connectivity index (χ2v) is 5.94. The molecule has 1 unspecified atom stereocenters. The highest BCUT2D eigenvalue weighted by Gasteiger charge is 2.31. The van der Waals surface area contributed by atoms with Gasteiger partial charge in [0.1, 0.15) is 12.4 Å². The Morgan fingerprint density at radius 3 is 3.04 bits per heavy atom. The van der Waals surface area contributed by atoms with Crippen LogP contribution in [0.15, 0.2) is 36.4 Å². The van der Waals surface area contributed by atoms with Crippen LogP contribution in [-0.2, 0) is 16.1 Å². The molecule has 130 valence electrons. The zero-order chi connectivity index (χ0) is 17.5. The van der Waals surface area contributed by atoms with Crippen molar-refractivity contribution in [2.24, 2.45) is 5.84 Å². The van der Waals surface area contributed by atoms with Crippen LogP contribution in [0.25, 0.3) is 0 Å². The minimum absolute atomic E-state index is 0.0359. The molecule has 24 heavy (non-hydrogen) atoms. The number of carbonyl (C=O) groups excluding carboxylic acids is 2. The van der Waals surface area contributed by atoms with Crippen molar-refractivity contribution in [2.75, 3.05) is 19.7 Å². The van der Waals surface area contributed by atoms with Crippen molar-refractivity contribution in [3.05, 3.63) is 42.0 Å². The van der Waals surface area contributed by atoms with Gasteiger partial charge in [-0.25, -0.2) is 5.84 Å². The molecule has 1 aromatic rings. The number of nitrogens with one attached hydrogen (secondary N) is 2. The van der Waals surface area contributed by atoms with Crippen LogP contribution in [0.3, 0.4) is 0 Å². The monoisotopic (exact) mass is 332 g/mol. The van der Waals surface area contributed by atoms with Gasteiger partial charge in [-0.2, -0.15) is 0 Å². The maximum atomic E-state index is 12.1. The molecule has 1 atom stereocenters. The van der Waals surface area contributed by atoms with Crippen molar-refractivity contribution in [1.82, 2.24) is 15.6 Å². The number of hydrogen-bond acceptors (Lipinski definition) is 5. The summed E-state index contributed by atoms with van der Waals surface area (Å²) in [5.41, 5.74) is 4.04. The van der Waals surface area contributed by atoms with Gasteiger partial charge in [0.05, 0.1) is 12.5 Å². The van der Waals surface area contributed by atoms with E-state index in [0.717, 1.165) is 16.9 Å². The average molecular weight is 332 g/mol. The Morgan fingerprint density at radius 2 is 2.33 bits per heavy atom. The normalized spacial score (nSPS) is 17.9. The summed E-state index contributed by atoms with van der Waals surface area (Å²) in [4.78, 5) is 25.6. The topological polar surface area (TPSA) is 96.7 Å². The predicted molar refractivity (Wildman–Crippen MR) is 90.9 cm³/mol. The van der Waals surface area contributed by atoms with E-state index in [4.69, 9.17) is 10.6 Å². The van der Waals surface area contributed by atoms with E-state index in [-0.39, 0.29) is 18.2 Å². The van der Waals surface area contributed by atoms with Gasteiger partial charge >= 0.3 is 0 Å². The van der Waals surface area contributed by atoms with E-state index in [2.05, 4.69) is 17.3 Å². The molecule has 1 aliphatic rings. The van der Waals surface area contributed by atoms with Gasteiger partial charge < -0.3 is 10.1 Å². The number of nitrogens with zero attached hydrogens (tertiary/aromatic N) is 1. The van der Waals surface area contributed by atoms with E-state index < -0.39 is 6.04 Å². The molecule has 0 radical (unpaired) electrons. The fourth-order valence-corrected chi connectivity index (χ4v) is 2.58. The summed E-state index contributed by atoms with van der Waals surface area (Å²) in [5.74, 6) is 5.38. The lowest BCUT2D eigenvalue weighted by Gasteiger charge is -2.34. The van der Waals surface area contributed by atoms with Crippen molar-refractivity contribution in [1.29, 1.82) is 0 Å². The number of ether oxygens (including phenoxy) is 1. The first-order valence-corrected chi connectivity index (χ1v) is 7.87. The molecule has 7 nitrogen and oxygen atoms in total. The number of piperazine rings is 1. The molecule has 4 N–H and O–H groups in total. The molecule has 7 heteroatoms. The molecule has 1 fully saturated rings. The fourth-order valence-electron chi connectivity index (χ4n) is 2.58. The smallest absolute Gasteiger partial charge is 0.237 e. The van der Waals surface area contributed by atoms with Crippen LogP contribution in [0.1, 0.15) is 18.9 Å². The Bertz CT molecular complexity index is 618. The quantitative estimate of drug-likeness (QED) is 0.289. The third-order valence-electron chi connectivity index (χ3n) is 3.75. The highest BCUT2D eigenvalue weighted by Crippen LogP contribution is 2.18. The van der Waals surface area contributed by atoms with Crippen LogP contribution in [0.5, 0.6) is 5.75 Å². The molecule has 1 aliphatic heterocycles. The zero-order valence-electron chi connectivity index (χ0n) is 13.9. The number of benzene rings is 1. The number of hydrazine groups is 1. The summed E-state index contributed by atoms with van der Waals surface area (Å²) < 4.78 is 5.65. The molecule has 0 saturated carbocycles. The molecule has 1 heterocycles. The SMILES string of the molecule is C=C(C)COc1cccc(CN2CCNC(=O)C2CC(=O)NN)c1. The molecular formula is C17H24N4O3. The second kappa shape index (κ2) is 8.47. The maximum Gasteiger partial charge on any atom is 0.237 e. The first-order chi connectivity index (χ1) is 11.5. The van der Waals surface area contributed by atoms with Gasteiger partial charge in [0, 0.05) is 19.6 Å². The van der Waals surface area contributed by atoms with Crippen LogP contribution in [0, 0.1) is 0 Å². The van der Waals surface area contributed by atoms with E-state index in [1.165, 1.54) is 0 Å². The summed E-state index contributed by atoms with van der Waals surface area (Å²) in [7, 11) is 0. The van der Waals surface area contributed by atoms with Crippen LogP contribution in [0.4, 0.5) is 0 Å². The van der Waals surface area contributed by atoms with Crippen LogP contribution < -0.4 is 21.3 Å².